The van der Waals surface area contributed by atoms with Crippen LogP contribution in [0.5, 0.6) is 11.6 Å². The van der Waals surface area contributed by atoms with Gasteiger partial charge in [0.2, 0.25) is 5.88 Å². The Morgan fingerprint density at radius 1 is 1.10 bits per heavy atom. The molecule has 0 saturated carbocycles. The van der Waals surface area contributed by atoms with Gasteiger partial charge in [0.05, 0.1) is 12.1 Å². The number of nitrogens with zero attached hydrogens (tertiary/aromatic N) is 2. The van der Waals surface area contributed by atoms with Crippen LogP contribution in [0.4, 0.5) is 4.79 Å². The Labute approximate surface area is 186 Å². The topological polar surface area (TPSA) is 109 Å². The fraction of sp³-hybridized carbons (Fsp3) is 0.227. The van der Waals surface area contributed by atoms with Crippen molar-refractivity contribution in [1.82, 2.24) is 9.88 Å². The Balaban J connectivity index is 1.63. The van der Waals surface area contributed by atoms with Gasteiger partial charge in [0, 0.05) is 11.8 Å². The van der Waals surface area contributed by atoms with Crippen LogP contribution in [-0.2, 0) is 11.4 Å². The van der Waals surface area contributed by atoms with Crippen molar-refractivity contribution in [2.45, 2.75) is 25.2 Å². The van der Waals surface area contributed by atoms with Crippen LogP contribution < -0.4 is 9.47 Å². The summed E-state index contributed by atoms with van der Waals surface area (Å²) >= 11 is 3.51. The lowest BCUT2D eigenvalue weighted by molar-refractivity contribution is -0.141. The molecule has 1 aliphatic rings. The third-order valence-corrected chi connectivity index (χ3v) is 5.75. The van der Waals surface area contributed by atoms with Crippen LogP contribution in [0.15, 0.2) is 59.1 Å². The van der Waals surface area contributed by atoms with Gasteiger partial charge < -0.3 is 19.7 Å². The van der Waals surface area contributed by atoms with Crippen molar-refractivity contribution >= 4 is 38.9 Å². The van der Waals surface area contributed by atoms with E-state index in [2.05, 4.69) is 20.9 Å². The maximum absolute atomic E-state index is 11.4. The standard InChI is InChI=1S/C22H19BrN2O6/c23-18-19(30-12-13-6-2-1-3-7-13)15-8-4-5-9-16(15)24-20(18)31-14-10-17(21(26)27)25(11-14)22(28)29/h1-9,14,17H,10-12H2,(H,26,27)(H,28,29)/t14-,17+/m1/s1. The molecular weight excluding hydrogens is 468 g/mol. The molecule has 1 fully saturated rings. The predicted octanol–water partition coefficient (Wildman–Crippen LogP) is 4.16. The van der Waals surface area contributed by atoms with Gasteiger partial charge in [-0.1, -0.05) is 42.5 Å². The van der Waals surface area contributed by atoms with E-state index in [1.165, 1.54) is 0 Å². The number of halogens is 1. The molecule has 0 spiro atoms. The van der Waals surface area contributed by atoms with Crippen LogP contribution in [0.25, 0.3) is 10.9 Å². The fourth-order valence-electron chi connectivity index (χ4n) is 3.57. The normalized spacial score (nSPS) is 18.2. The highest BCUT2D eigenvalue weighted by Gasteiger charge is 2.41. The maximum Gasteiger partial charge on any atom is 0.408 e. The highest BCUT2D eigenvalue weighted by Crippen LogP contribution is 2.40. The van der Waals surface area contributed by atoms with E-state index in [0.717, 1.165) is 15.8 Å². The van der Waals surface area contributed by atoms with Crippen molar-refractivity contribution in [3.05, 3.63) is 64.6 Å². The highest BCUT2D eigenvalue weighted by molar-refractivity contribution is 9.10. The second kappa shape index (κ2) is 8.81. The summed E-state index contributed by atoms with van der Waals surface area (Å²) in [6.07, 6.45) is -1.91. The molecule has 0 aliphatic carbocycles. The minimum Gasteiger partial charge on any atom is -0.487 e. The number of rotatable bonds is 6. The number of ether oxygens (including phenoxy) is 2. The predicted molar refractivity (Wildman–Crippen MR) is 115 cm³/mol. The van der Waals surface area contributed by atoms with Gasteiger partial charge in [-0.2, -0.15) is 0 Å². The molecule has 4 rings (SSSR count). The van der Waals surface area contributed by atoms with E-state index < -0.39 is 24.2 Å². The number of pyridine rings is 1. The first kappa shape index (κ1) is 20.9. The summed E-state index contributed by atoms with van der Waals surface area (Å²) in [5, 5.41) is 19.4. The molecule has 1 aromatic heterocycles. The number of benzene rings is 2. The van der Waals surface area contributed by atoms with Gasteiger partial charge in [0.15, 0.2) is 0 Å². The van der Waals surface area contributed by atoms with Crippen LogP contribution in [0.2, 0.25) is 0 Å². The van der Waals surface area contributed by atoms with E-state index in [9.17, 15) is 19.8 Å². The summed E-state index contributed by atoms with van der Waals surface area (Å²) in [4.78, 5) is 28.2. The third kappa shape index (κ3) is 4.41. The molecule has 160 valence electrons. The average Bonchev–Trinajstić information content (AvgIpc) is 3.19. The largest absolute Gasteiger partial charge is 0.487 e. The first-order valence-corrected chi connectivity index (χ1v) is 10.4. The molecule has 3 aromatic rings. The number of hydrogen-bond donors (Lipinski definition) is 2. The van der Waals surface area contributed by atoms with Crippen molar-refractivity contribution in [2.24, 2.45) is 0 Å². The van der Waals surface area contributed by atoms with Crippen molar-refractivity contribution < 1.29 is 29.3 Å². The number of fused-ring (bicyclic) bond motifs is 1. The van der Waals surface area contributed by atoms with Gasteiger partial charge >= 0.3 is 12.1 Å². The Morgan fingerprint density at radius 2 is 1.81 bits per heavy atom. The fourth-order valence-corrected chi connectivity index (χ4v) is 4.08. The number of carboxylic acids is 1. The van der Waals surface area contributed by atoms with Gasteiger partial charge in [-0.05, 0) is 33.6 Å². The lowest BCUT2D eigenvalue weighted by Crippen LogP contribution is -2.39. The number of likely N-dealkylation sites (tertiary alicyclic amines) is 1. The summed E-state index contributed by atoms with van der Waals surface area (Å²) in [6.45, 7) is 0.275. The van der Waals surface area contributed by atoms with Gasteiger partial charge in [-0.25, -0.2) is 14.6 Å². The highest BCUT2D eigenvalue weighted by atomic mass is 79.9. The van der Waals surface area contributed by atoms with E-state index in [1.807, 2.05) is 54.6 Å². The summed E-state index contributed by atoms with van der Waals surface area (Å²) in [6, 6.07) is 16.0. The van der Waals surface area contributed by atoms with E-state index in [-0.39, 0.29) is 18.8 Å². The minimum atomic E-state index is -1.30. The summed E-state index contributed by atoms with van der Waals surface area (Å²) in [7, 11) is 0. The van der Waals surface area contributed by atoms with Gasteiger partial charge in [-0.3, -0.25) is 4.90 Å². The van der Waals surface area contributed by atoms with E-state index in [0.29, 0.717) is 22.3 Å². The summed E-state index contributed by atoms with van der Waals surface area (Å²) < 4.78 is 12.5. The number of carbonyl (C=O) groups is 2. The van der Waals surface area contributed by atoms with Crippen molar-refractivity contribution in [2.75, 3.05) is 6.54 Å². The maximum atomic E-state index is 11.4. The second-order valence-corrected chi connectivity index (χ2v) is 7.91. The molecule has 1 amide bonds. The minimum absolute atomic E-state index is 0.0305. The van der Waals surface area contributed by atoms with E-state index in [4.69, 9.17) is 9.47 Å². The number of aliphatic carboxylic acids is 1. The van der Waals surface area contributed by atoms with Gasteiger partial charge in [-0.15, -0.1) is 0 Å². The van der Waals surface area contributed by atoms with Crippen LogP contribution >= 0.6 is 15.9 Å². The second-order valence-electron chi connectivity index (χ2n) is 7.12. The molecule has 2 aromatic carbocycles. The molecular formula is C22H19BrN2O6. The molecule has 0 unspecified atom stereocenters. The average molecular weight is 487 g/mol. The molecule has 2 N–H and O–H groups in total. The molecule has 9 heteroatoms. The molecule has 31 heavy (non-hydrogen) atoms. The van der Waals surface area contributed by atoms with E-state index >= 15 is 0 Å². The number of para-hydroxylation sites is 1. The molecule has 2 heterocycles. The first-order chi connectivity index (χ1) is 14.9. The number of carboxylic acid groups (broad SMARTS) is 2. The summed E-state index contributed by atoms with van der Waals surface area (Å²) in [5.41, 5.74) is 1.64. The SMILES string of the molecule is O=C(O)[C@@H]1C[C@@H](Oc2nc3ccccc3c(OCc3ccccc3)c2Br)CN1C(=O)O. The number of aromatic nitrogens is 1. The molecule has 8 nitrogen and oxygen atoms in total. The molecule has 0 radical (unpaired) electrons. The summed E-state index contributed by atoms with van der Waals surface area (Å²) in [5.74, 6) is -0.429. The van der Waals surface area contributed by atoms with Gasteiger partial charge in [0.1, 0.15) is 29.0 Å². The Kier molecular flexibility index (Phi) is 5.94. The van der Waals surface area contributed by atoms with Crippen molar-refractivity contribution in [1.29, 1.82) is 0 Å². The Morgan fingerprint density at radius 3 is 2.48 bits per heavy atom. The lowest BCUT2D eigenvalue weighted by atomic mass is 10.2. The molecule has 0 bridgehead atoms. The quantitative estimate of drug-likeness (QED) is 0.538. The Bertz CT molecular complexity index is 1100. The van der Waals surface area contributed by atoms with E-state index in [1.54, 1.807) is 0 Å². The third-order valence-electron chi connectivity index (χ3n) is 5.06. The van der Waals surface area contributed by atoms with Crippen LogP contribution in [0, 0.1) is 0 Å². The Hall–Kier alpha value is -3.33. The zero-order chi connectivity index (χ0) is 22.0. The van der Waals surface area contributed by atoms with Crippen LogP contribution in [0.1, 0.15) is 12.0 Å². The molecule has 1 saturated heterocycles. The van der Waals surface area contributed by atoms with Crippen molar-refractivity contribution in [3.63, 3.8) is 0 Å². The lowest BCUT2D eigenvalue weighted by Gasteiger charge is -2.18. The molecule has 2 atom stereocenters. The first-order valence-electron chi connectivity index (χ1n) is 9.58. The smallest absolute Gasteiger partial charge is 0.408 e. The van der Waals surface area contributed by atoms with Gasteiger partial charge in [0.25, 0.3) is 0 Å². The molecule has 1 aliphatic heterocycles. The van der Waals surface area contributed by atoms with Crippen LogP contribution in [0.3, 0.4) is 0 Å². The zero-order valence-corrected chi connectivity index (χ0v) is 17.9. The number of amides is 1. The number of hydrogen-bond acceptors (Lipinski definition) is 5. The zero-order valence-electron chi connectivity index (χ0n) is 16.3. The van der Waals surface area contributed by atoms with Crippen LogP contribution in [-0.4, -0.2) is 50.9 Å². The monoisotopic (exact) mass is 486 g/mol. The van der Waals surface area contributed by atoms with Crippen molar-refractivity contribution in [3.8, 4) is 11.6 Å².